The second-order valence-corrected chi connectivity index (χ2v) is 4.86. The van der Waals surface area contributed by atoms with Crippen LogP contribution in [0.3, 0.4) is 0 Å². The Morgan fingerprint density at radius 1 is 1.50 bits per heavy atom. The zero-order valence-corrected chi connectivity index (χ0v) is 9.13. The Balaban J connectivity index is 2.33. The first-order chi connectivity index (χ1) is 7.46. The third kappa shape index (κ3) is 2.49. The Bertz CT molecular complexity index is 503. The van der Waals surface area contributed by atoms with Crippen molar-refractivity contribution in [1.82, 2.24) is 4.72 Å². The number of ether oxygens (including phenoxy) is 1. The topological polar surface area (TPSA) is 81.4 Å². The van der Waals surface area contributed by atoms with Crippen LogP contribution >= 0.6 is 0 Å². The summed E-state index contributed by atoms with van der Waals surface area (Å²) >= 11 is 0. The molecule has 5 nitrogen and oxygen atoms in total. The van der Waals surface area contributed by atoms with Gasteiger partial charge in [0.15, 0.2) is 0 Å². The number of benzene rings is 1. The normalized spacial score (nSPS) is 20.0. The van der Waals surface area contributed by atoms with Crippen molar-refractivity contribution in [3.8, 4) is 5.75 Å². The highest BCUT2D eigenvalue weighted by molar-refractivity contribution is 7.87. The Kier molecular flexibility index (Phi) is 2.83. The highest BCUT2D eigenvalue weighted by atomic mass is 32.2. The fourth-order valence-electron chi connectivity index (χ4n) is 1.68. The molecule has 1 aliphatic rings. The lowest BCUT2D eigenvalue weighted by Crippen LogP contribution is -2.36. The van der Waals surface area contributed by atoms with Crippen molar-refractivity contribution in [3.05, 3.63) is 29.6 Å². The molecule has 1 aromatic rings. The lowest BCUT2D eigenvalue weighted by atomic mass is 10.0. The summed E-state index contributed by atoms with van der Waals surface area (Å²) in [6.07, 6.45) is 0.467. The van der Waals surface area contributed by atoms with Crippen molar-refractivity contribution in [3.63, 3.8) is 0 Å². The van der Waals surface area contributed by atoms with E-state index in [-0.39, 0.29) is 0 Å². The first kappa shape index (κ1) is 11.3. The van der Waals surface area contributed by atoms with Gasteiger partial charge in [0, 0.05) is 18.1 Å². The molecule has 1 aromatic carbocycles. The van der Waals surface area contributed by atoms with Gasteiger partial charge in [0.2, 0.25) is 0 Å². The Morgan fingerprint density at radius 2 is 2.25 bits per heavy atom. The zero-order chi connectivity index (χ0) is 11.8. The molecule has 3 N–H and O–H groups in total. The second-order valence-electron chi connectivity index (χ2n) is 3.53. The van der Waals surface area contributed by atoms with Crippen molar-refractivity contribution in [2.75, 3.05) is 6.61 Å². The fourth-order valence-corrected chi connectivity index (χ4v) is 2.33. The molecule has 0 saturated heterocycles. The predicted octanol–water partition coefficient (Wildman–Crippen LogP) is 0.442. The number of halogens is 1. The highest BCUT2D eigenvalue weighted by Crippen LogP contribution is 2.32. The van der Waals surface area contributed by atoms with Gasteiger partial charge in [-0.05, 0) is 6.07 Å². The molecule has 0 spiro atoms. The van der Waals surface area contributed by atoms with Crippen LogP contribution in [0.1, 0.15) is 18.0 Å². The first-order valence-corrected chi connectivity index (χ1v) is 6.22. The van der Waals surface area contributed by atoms with Crippen molar-refractivity contribution < 1.29 is 17.5 Å². The number of nitrogens with two attached hydrogens (primary N) is 1. The maximum absolute atomic E-state index is 12.9. The van der Waals surface area contributed by atoms with Gasteiger partial charge in [-0.25, -0.2) is 9.53 Å². The molecular weight excluding hydrogens is 235 g/mol. The molecule has 16 heavy (non-hydrogen) atoms. The quantitative estimate of drug-likeness (QED) is 0.794. The molecule has 2 rings (SSSR count). The van der Waals surface area contributed by atoms with Crippen LogP contribution in [-0.4, -0.2) is 15.0 Å². The van der Waals surface area contributed by atoms with E-state index in [0.717, 1.165) is 0 Å². The van der Waals surface area contributed by atoms with Gasteiger partial charge < -0.3 is 4.74 Å². The molecule has 0 saturated carbocycles. The van der Waals surface area contributed by atoms with E-state index < -0.39 is 22.1 Å². The van der Waals surface area contributed by atoms with Gasteiger partial charge in [0.1, 0.15) is 11.6 Å². The van der Waals surface area contributed by atoms with E-state index in [1.54, 1.807) is 0 Å². The molecule has 0 aliphatic carbocycles. The fraction of sp³-hybridized carbons (Fsp3) is 0.333. The van der Waals surface area contributed by atoms with E-state index in [1.807, 2.05) is 0 Å². The summed E-state index contributed by atoms with van der Waals surface area (Å²) < 4.78 is 42.3. The first-order valence-electron chi connectivity index (χ1n) is 4.68. The van der Waals surface area contributed by atoms with Crippen LogP contribution in [0.2, 0.25) is 0 Å². The standard InChI is InChI=1S/C9H11FN2O3S/c10-6-1-2-7-8(12-16(11,13)14)3-4-15-9(7)5-6/h1-2,5,8,12H,3-4H2,(H2,11,13,14). The monoisotopic (exact) mass is 246 g/mol. The number of nitrogens with one attached hydrogen (secondary N) is 1. The lowest BCUT2D eigenvalue weighted by Gasteiger charge is -2.25. The van der Waals surface area contributed by atoms with Crippen LogP contribution in [0.25, 0.3) is 0 Å². The Morgan fingerprint density at radius 3 is 2.94 bits per heavy atom. The molecule has 88 valence electrons. The van der Waals surface area contributed by atoms with E-state index in [9.17, 15) is 12.8 Å². The van der Waals surface area contributed by atoms with Gasteiger partial charge in [-0.2, -0.15) is 13.1 Å². The van der Waals surface area contributed by atoms with Gasteiger partial charge in [-0.15, -0.1) is 0 Å². The van der Waals surface area contributed by atoms with E-state index in [0.29, 0.717) is 24.3 Å². The summed E-state index contributed by atoms with van der Waals surface area (Å²) in [6.45, 7) is 0.323. The van der Waals surface area contributed by atoms with Gasteiger partial charge in [0.05, 0.1) is 12.6 Å². The predicted molar refractivity (Wildman–Crippen MR) is 55.5 cm³/mol. The van der Waals surface area contributed by atoms with Gasteiger partial charge in [-0.1, -0.05) is 6.07 Å². The van der Waals surface area contributed by atoms with E-state index >= 15 is 0 Å². The summed E-state index contributed by atoms with van der Waals surface area (Å²) in [7, 11) is -3.78. The number of hydrogen-bond donors (Lipinski definition) is 2. The maximum atomic E-state index is 12.9. The number of hydrogen-bond acceptors (Lipinski definition) is 3. The molecule has 1 unspecified atom stereocenters. The smallest absolute Gasteiger partial charge is 0.274 e. The molecule has 1 atom stereocenters. The van der Waals surface area contributed by atoms with Crippen LogP contribution < -0.4 is 14.6 Å². The number of fused-ring (bicyclic) bond motifs is 1. The molecule has 0 bridgehead atoms. The van der Waals surface area contributed by atoms with Crippen molar-refractivity contribution in [1.29, 1.82) is 0 Å². The van der Waals surface area contributed by atoms with Gasteiger partial charge >= 0.3 is 0 Å². The van der Waals surface area contributed by atoms with Crippen LogP contribution in [0, 0.1) is 5.82 Å². The molecule has 0 aromatic heterocycles. The molecule has 0 amide bonds. The second kappa shape index (κ2) is 4.00. The average molecular weight is 246 g/mol. The van der Waals surface area contributed by atoms with Crippen molar-refractivity contribution in [2.45, 2.75) is 12.5 Å². The van der Waals surface area contributed by atoms with Crippen LogP contribution in [-0.2, 0) is 10.2 Å². The maximum Gasteiger partial charge on any atom is 0.274 e. The molecule has 1 heterocycles. The van der Waals surface area contributed by atoms with E-state index in [2.05, 4.69) is 4.72 Å². The summed E-state index contributed by atoms with van der Waals surface area (Å²) in [5.74, 6) is -0.0672. The number of rotatable bonds is 2. The summed E-state index contributed by atoms with van der Waals surface area (Å²) in [5, 5.41) is 4.90. The average Bonchev–Trinajstić information content (AvgIpc) is 2.15. The minimum Gasteiger partial charge on any atom is -0.493 e. The van der Waals surface area contributed by atoms with Gasteiger partial charge in [0.25, 0.3) is 10.2 Å². The molecule has 0 fully saturated rings. The third-order valence-corrected chi connectivity index (χ3v) is 2.93. The highest BCUT2D eigenvalue weighted by Gasteiger charge is 2.24. The molecule has 7 heteroatoms. The van der Waals surface area contributed by atoms with E-state index in [4.69, 9.17) is 9.88 Å². The minimum atomic E-state index is -3.78. The summed E-state index contributed by atoms with van der Waals surface area (Å²) in [5.41, 5.74) is 0.599. The van der Waals surface area contributed by atoms with Crippen molar-refractivity contribution >= 4 is 10.2 Å². The van der Waals surface area contributed by atoms with Crippen LogP contribution in [0.5, 0.6) is 5.75 Å². The summed E-state index contributed by atoms with van der Waals surface area (Å²) in [4.78, 5) is 0. The minimum absolute atomic E-state index is 0.323. The third-order valence-electron chi connectivity index (χ3n) is 2.32. The van der Waals surface area contributed by atoms with E-state index in [1.165, 1.54) is 18.2 Å². The molecule has 0 radical (unpaired) electrons. The lowest BCUT2D eigenvalue weighted by molar-refractivity contribution is 0.261. The largest absolute Gasteiger partial charge is 0.493 e. The SMILES string of the molecule is NS(=O)(=O)NC1CCOc2cc(F)ccc21. The van der Waals surface area contributed by atoms with Crippen molar-refractivity contribution in [2.24, 2.45) is 5.14 Å². The van der Waals surface area contributed by atoms with Crippen LogP contribution in [0.4, 0.5) is 4.39 Å². The van der Waals surface area contributed by atoms with Gasteiger partial charge in [-0.3, -0.25) is 0 Å². The van der Waals surface area contributed by atoms with Crippen LogP contribution in [0.15, 0.2) is 18.2 Å². The molecular formula is C9H11FN2O3S. The Labute approximate surface area is 92.6 Å². The Hall–Kier alpha value is -1.18. The zero-order valence-electron chi connectivity index (χ0n) is 8.31. The molecule has 1 aliphatic heterocycles. The summed E-state index contributed by atoms with van der Waals surface area (Å²) in [6, 6.07) is 3.52.